The molecule has 2 aromatic heterocycles. The molecule has 1 aliphatic heterocycles. The van der Waals surface area contributed by atoms with Gasteiger partial charge in [-0.2, -0.15) is 0 Å². The van der Waals surface area contributed by atoms with Crippen molar-refractivity contribution in [2.24, 2.45) is 0 Å². The molecule has 2 aliphatic rings. The molecule has 0 bridgehead atoms. The summed E-state index contributed by atoms with van der Waals surface area (Å²) < 4.78 is 17.3. The van der Waals surface area contributed by atoms with Gasteiger partial charge in [-0.15, -0.1) is 0 Å². The van der Waals surface area contributed by atoms with Gasteiger partial charge in [0.15, 0.2) is 0 Å². The molecule has 8 nitrogen and oxygen atoms in total. The predicted molar refractivity (Wildman–Crippen MR) is 129 cm³/mol. The fraction of sp³-hybridized carbons (Fsp3) is 0.320. The number of para-hydroxylation sites is 2. The lowest BCUT2D eigenvalue weighted by atomic mass is 10.0. The van der Waals surface area contributed by atoms with Crippen molar-refractivity contribution < 1.29 is 14.3 Å². The van der Waals surface area contributed by atoms with Crippen LogP contribution in [0.25, 0.3) is 21.9 Å². The Hall–Kier alpha value is -3.88. The third kappa shape index (κ3) is 3.22. The number of benzene rings is 2. The van der Waals surface area contributed by atoms with E-state index in [0.29, 0.717) is 42.9 Å². The number of nitrogens with zero attached hydrogens (tertiary/aromatic N) is 4. The summed E-state index contributed by atoms with van der Waals surface area (Å²) in [6, 6.07) is 9.24. The molecule has 174 valence electrons. The van der Waals surface area contributed by atoms with Crippen molar-refractivity contribution in [2.75, 3.05) is 36.0 Å². The van der Waals surface area contributed by atoms with E-state index in [1.807, 2.05) is 40.7 Å². The van der Waals surface area contributed by atoms with E-state index in [1.54, 1.807) is 0 Å². The van der Waals surface area contributed by atoms with Crippen LogP contribution >= 0.6 is 0 Å². The van der Waals surface area contributed by atoms with E-state index >= 15 is 4.39 Å². The smallest absolute Gasteiger partial charge is 0.341 e. The first-order valence-corrected chi connectivity index (χ1v) is 11.5. The second-order valence-corrected chi connectivity index (χ2v) is 9.10. The first-order valence-electron chi connectivity index (χ1n) is 11.5. The van der Waals surface area contributed by atoms with Crippen LogP contribution in [0, 0.1) is 12.7 Å². The number of hydrogen-bond acceptors (Lipinski definition) is 5. The number of hydrogen-bond donors (Lipinski definition) is 2. The summed E-state index contributed by atoms with van der Waals surface area (Å²) in [5.74, 6) is -0.977. The Morgan fingerprint density at radius 2 is 1.85 bits per heavy atom. The minimum absolute atomic E-state index is 0.131. The van der Waals surface area contributed by atoms with Crippen LogP contribution in [0.15, 0.2) is 41.3 Å². The van der Waals surface area contributed by atoms with Crippen molar-refractivity contribution in [3.05, 3.63) is 63.7 Å². The maximum Gasteiger partial charge on any atom is 0.341 e. The molecule has 0 radical (unpaired) electrons. The fourth-order valence-corrected chi connectivity index (χ4v) is 5.08. The third-order valence-corrected chi connectivity index (χ3v) is 6.92. The highest BCUT2D eigenvalue weighted by molar-refractivity contribution is 5.95. The number of imidazole rings is 1. The predicted octanol–water partition coefficient (Wildman–Crippen LogP) is 3.69. The van der Waals surface area contributed by atoms with E-state index in [2.05, 4.69) is 14.9 Å². The Labute approximate surface area is 194 Å². The van der Waals surface area contributed by atoms with E-state index in [1.165, 1.54) is 12.3 Å². The average Bonchev–Trinajstić information content (AvgIpc) is 3.57. The second kappa shape index (κ2) is 7.58. The van der Waals surface area contributed by atoms with Gasteiger partial charge < -0.3 is 24.5 Å². The van der Waals surface area contributed by atoms with Crippen LogP contribution in [-0.4, -0.2) is 51.8 Å². The highest BCUT2D eigenvalue weighted by atomic mass is 19.1. The first-order chi connectivity index (χ1) is 16.4. The summed E-state index contributed by atoms with van der Waals surface area (Å²) in [6.07, 6.45) is 3.26. The highest BCUT2D eigenvalue weighted by Crippen LogP contribution is 2.40. The molecule has 1 aliphatic carbocycles. The number of pyridine rings is 1. The van der Waals surface area contributed by atoms with Gasteiger partial charge in [0.05, 0.1) is 22.2 Å². The highest BCUT2D eigenvalue weighted by Gasteiger charge is 2.30. The average molecular weight is 461 g/mol. The number of H-pyrrole nitrogens is 1. The normalized spacial score (nSPS) is 16.5. The summed E-state index contributed by atoms with van der Waals surface area (Å²) in [5, 5.41) is 9.62. The Morgan fingerprint density at radius 1 is 1.15 bits per heavy atom. The van der Waals surface area contributed by atoms with E-state index in [-0.39, 0.29) is 17.0 Å². The lowest BCUT2D eigenvalue weighted by Gasteiger charge is -2.37. The number of carboxylic acid groups (broad SMARTS) is 1. The molecular weight excluding hydrogens is 437 g/mol. The number of fused-ring (bicyclic) bond motifs is 2. The van der Waals surface area contributed by atoms with Crippen LogP contribution in [0.1, 0.15) is 34.8 Å². The maximum absolute atomic E-state index is 15.4. The van der Waals surface area contributed by atoms with Gasteiger partial charge in [-0.25, -0.2) is 14.2 Å². The number of nitrogens with one attached hydrogen (secondary N) is 1. The van der Waals surface area contributed by atoms with Crippen LogP contribution in [0.5, 0.6) is 0 Å². The zero-order valence-corrected chi connectivity index (χ0v) is 18.7. The zero-order valence-electron chi connectivity index (χ0n) is 18.7. The molecule has 0 amide bonds. The zero-order chi connectivity index (χ0) is 23.6. The van der Waals surface area contributed by atoms with Crippen molar-refractivity contribution in [3.63, 3.8) is 0 Å². The third-order valence-electron chi connectivity index (χ3n) is 6.92. The minimum Gasteiger partial charge on any atom is -0.477 e. The summed E-state index contributed by atoms with van der Waals surface area (Å²) >= 11 is 0. The van der Waals surface area contributed by atoms with Crippen LogP contribution < -0.4 is 15.2 Å². The molecule has 9 heteroatoms. The van der Waals surface area contributed by atoms with Gasteiger partial charge in [0.1, 0.15) is 11.4 Å². The molecule has 2 aromatic carbocycles. The first kappa shape index (κ1) is 20.7. The molecule has 2 fully saturated rings. The molecule has 0 atom stereocenters. The van der Waals surface area contributed by atoms with Crippen LogP contribution in [0.2, 0.25) is 0 Å². The van der Waals surface area contributed by atoms with Gasteiger partial charge in [-0.3, -0.25) is 4.79 Å². The van der Waals surface area contributed by atoms with E-state index in [0.717, 1.165) is 29.8 Å². The van der Waals surface area contributed by atoms with E-state index in [9.17, 15) is 14.7 Å². The molecule has 0 spiro atoms. The van der Waals surface area contributed by atoms with Gasteiger partial charge in [0, 0.05) is 43.8 Å². The molecule has 4 aromatic rings. The molecule has 2 N–H and O–H groups in total. The standard InChI is InChI=1S/C25H24FN5O3/c1-14-21-16(23(32)17(24(33)34)13-31(21)15-6-7-15)12-18(26)22(14)29-8-10-30(11-9-29)25-27-19-4-2-3-5-20(19)28-25/h2-5,12-13,15H,6-11H2,1H3,(H,27,28)(H,33,34). The number of carbonyl (C=O) groups is 1. The summed E-state index contributed by atoms with van der Waals surface area (Å²) in [6.45, 7) is 4.36. The van der Waals surface area contributed by atoms with Gasteiger partial charge >= 0.3 is 5.97 Å². The number of carboxylic acids is 1. The quantitative estimate of drug-likeness (QED) is 0.482. The monoisotopic (exact) mass is 461 g/mol. The summed E-state index contributed by atoms with van der Waals surface area (Å²) in [7, 11) is 0. The van der Waals surface area contributed by atoms with Crippen molar-refractivity contribution >= 4 is 39.5 Å². The molecule has 1 saturated heterocycles. The molecule has 3 heterocycles. The maximum atomic E-state index is 15.4. The molecule has 34 heavy (non-hydrogen) atoms. The molecule has 0 unspecified atom stereocenters. The molecular formula is C25H24FN5O3. The number of rotatable bonds is 4. The van der Waals surface area contributed by atoms with Crippen molar-refractivity contribution in [3.8, 4) is 0 Å². The summed E-state index contributed by atoms with van der Waals surface area (Å²) in [5.41, 5.74) is 2.73. The SMILES string of the molecule is Cc1c(N2CCN(c3nc4ccccc4[nH]3)CC2)c(F)cc2c(=O)c(C(=O)O)cn(C3CC3)c12. The van der Waals surface area contributed by atoms with Crippen molar-refractivity contribution in [2.45, 2.75) is 25.8 Å². The fourth-order valence-electron chi connectivity index (χ4n) is 5.08. The second-order valence-electron chi connectivity index (χ2n) is 9.10. The minimum atomic E-state index is -1.29. The number of aryl methyl sites for hydroxylation is 1. The van der Waals surface area contributed by atoms with Crippen LogP contribution in [0.3, 0.4) is 0 Å². The number of anilines is 2. The number of aromatic carboxylic acids is 1. The van der Waals surface area contributed by atoms with Gasteiger partial charge in [-0.05, 0) is 43.5 Å². The van der Waals surface area contributed by atoms with E-state index < -0.39 is 17.2 Å². The number of aromatic nitrogens is 3. The number of halogens is 1. The molecule has 1 saturated carbocycles. The Bertz CT molecular complexity index is 1480. The van der Waals surface area contributed by atoms with Crippen LogP contribution in [0.4, 0.5) is 16.0 Å². The van der Waals surface area contributed by atoms with Gasteiger partial charge in [-0.1, -0.05) is 12.1 Å². The number of aromatic amines is 1. The van der Waals surface area contributed by atoms with Crippen LogP contribution in [-0.2, 0) is 0 Å². The largest absolute Gasteiger partial charge is 0.477 e. The van der Waals surface area contributed by atoms with Gasteiger partial charge in [0.2, 0.25) is 11.4 Å². The van der Waals surface area contributed by atoms with Gasteiger partial charge in [0.25, 0.3) is 0 Å². The Balaban J connectivity index is 1.36. The topological polar surface area (TPSA) is 94.5 Å². The number of piperazine rings is 1. The lowest BCUT2D eigenvalue weighted by Crippen LogP contribution is -2.47. The summed E-state index contributed by atoms with van der Waals surface area (Å²) in [4.78, 5) is 36.7. The van der Waals surface area contributed by atoms with Crippen molar-refractivity contribution in [1.82, 2.24) is 14.5 Å². The van der Waals surface area contributed by atoms with E-state index in [4.69, 9.17) is 0 Å². The van der Waals surface area contributed by atoms with Crippen molar-refractivity contribution in [1.29, 1.82) is 0 Å². The Kier molecular flexibility index (Phi) is 4.62. The lowest BCUT2D eigenvalue weighted by molar-refractivity contribution is 0.0695. The molecule has 6 rings (SSSR count). The Morgan fingerprint density at radius 3 is 2.53 bits per heavy atom.